The van der Waals surface area contributed by atoms with Crippen LogP contribution in [0.15, 0.2) is 41.3 Å². The zero-order chi connectivity index (χ0) is 25.5. The van der Waals surface area contributed by atoms with Gasteiger partial charge in [0.05, 0.1) is 12.7 Å². The van der Waals surface area contributed by atoms with Crippen LogP contribution in [0.25, 0.3) is 0 Å². The molecule has 0 bridgehead atoms. The van der Waals surface area contributed by atoms with Crippen LogP contribution in [0.3, 0.4) is 0 Å². The van der Waals surface area contributed by atoms with E-state index in [4.69, 9.17) is 4.74 Å². The number of piperazine rings is 2. The summed E-state index contributed by atoms with van der Waals surface area (Å²) in [5.41, 5.74) is 0.969. The van der Waals surface area contributed by atoms with Crippen LogP contribution in [0.2, 0.25) is 0 Å². The monoisotopic (exact) mass is 499 g/mol. The Bertz CT molecular complexity index is 1100. The molecule has 1 unspecified atom stereocenters. The molecule has 12 heteroatoms. The van der Waals surface area contributed by atoms with Crippen LogP contribution in [0.4, 0.5) is 10.6 Å². The van der Waals surface area contributed by atoms with Gasteiger partial charge in [-0.25, -0.2) is 14.4 Å². The molecule has 2 aliphatic heterocycles. The molecule has 4 N–H and O–H groups in total. The van der Waals surface area contributed by atoms with Gasteiger partial charge >= 0.3 is 17.8 Å². The van der Waals surface area contributed by atoms with Crippen molar-refractivity contribution < 1.29 is 19.4 Å². The number of hydrogen-bond acceptors (Lipinski definition) is 9. The number of aryl methyl sites for hydroxylation is 1. The van der Waals surface area contributed by atoms with Gasteiger partial charge in [0.25, 0.3) is 0 Å². The Kier molecular flexibility index (Phi) is 8.52. The Labute approximate surface area is 209 Å². The maximum atomic E-state index is 12.8. The zero-order valence-electron chi connectivity index (χ0n) is 20.4. The van der Waals surface area contributed by atoms with Crippen LogP contribution < -0.4 is 26.5 Å². The number of anilines is 1. The molecule has 2 aromatic rings. The maximum absolute atomic E-state index is 12.8. The first-order valence-electron chi connectivity index (χ1n) is 12.1. The van der Waals surface area contributed by atoms with Crippen molar-refractivity contribution >= 4 is 17.9 Å². The standard InChI is InChI=1S/C24H33N7O5/c1-17-14-31(15-19(22(32)33)27-24(35)36-16-18-5-3-2-4-6-18)23(34)28-21(17)30-11-9-29(10-12-30)20-13-25-7-8-26-20/h2-6,14,19-20,25-26H,7-13,15-16H2,1H3,(H,27,35)(H,32,33)/t19-,20?/m0/s1. The first-order valence-corrected chi connectivity index (χ1v) is 12.1. The molecule has 4 rings (SSSR count). The molecular formula is C24H33N7O5. The largest absolute Gasteiger partial charge is 0.480 e. The third kappa shape index (κ3) is 6.59. The van der Waals surface area contributed by atoms with E-state index in [9.17, 15) is 19.5 Å². The average Bonchev–Trinajstić information content (AvgIpc) is 2.90. The van der Waals surface area contributed by atoms with Crippen molar-refractivity contribution in [3.8, 4) is 0 Å². The highest BCUT2D eigenvalue weighted by Gasteiger charge is 2.27. The number of ether oxygens (including phenoxy) is 1. The van der Waals surface area contributed by atoms with Gasteiger partial charge in [-0.05, 0) is 12.5 Å². The van der Waals surface area contributed by atoms with Gasteiger partial charge in [-0.2, -0.15) is 4.98 Å². The Hall–Kier alpha value is -3.48. The number of nitrogens with one attached hydrogen (secondary N) is 3. The van der Waals surface area contributed by atoms with Crippen LogP contribution in [-0.4, -0.2) is 89.6 Å². The predicted octanol–water partition coefficient (Wildman–Crippen LogP) is -0.428. The van der Waals surface area contributed by atoms with Crippen LogP contribution in [0, 0.1) is 6.92 Å². The lowest BCUT2D eigenvalue weighted by Crippen LogP contribution is -2.61. The van der Waals surface area contributed by atoms with Crippen molar-refractivity contribution in [2.75, 3.05) is 50.7 Å². The molecule has 1 amide bonds. The van der Waals surface area contributed by atoms with Crippen molar-refractivity contribution in [1.82, 2.24) is 30.4 Å². The molecule has 0 spiro atoms. The number of nitrogens with zero attached hydrogens (tertiary/aromatic N) is 4. The quantitative estimate of drug-likeness (QED) is 0.378. The minimum atomic E-state index is -1.35. The van der Waals surface area contributed by atoms with Gasteiger partial charge in [0.15, 0.2) is 0 Å². The summed E-state index contributed by atoms with van der Waals surface area (Å²) < 4.78 is 6.33. The molecular weight excluding hydrogens is 466 g/mol. The molecule has 2 atom stereocenters. The third-order valence-electron chi connectivity index (χ3n) is 6.41. The lowest BCUT2D eigenvalue weighted by atomic mass is 10.2. The molecule has 2 aliphatic rings. The molecule has 194 valence electrons. The lowest BCUT2D eigenvalue weighted by molar-refractivity contribution is -0.139. The van der Waals surface area contributed by atoms with Crippen LogP contribution in [-0.2, 0) is 22.7 Å². The number of alkyl carbamates (subject to hydrolysis) is 1. The van der Waals surface area contributed by atoms with Crippen LogP contribution >= 0.6 is 0 Å². The van der Waals surface area contributed by atoms with Gasteiger partial charge < -0.3 is 25.4 Å². The fourth-order valence-electron chi connectivity index (χ4n) is 4.47. The molecule has 1 aromatic heterocycles. The van der Waals surface area contributed by atoms with Gasteiger partial charge in [-0.3, -0.25) is 14.8 Å². The number of carboxylic acid groups (broad SMARTS) is 1. The SMILES string of the molecule is Cc1cn(C[C@H](NC(=O)OCc2ccccc2)C(=O)O)c(=O)nc1N1CCN(C2CNCCN2)CC1. The predicted molar refractivity (Wildman–Crippen MR) is 133 cm³/mol. The number of rotatable bonds is 8. The summed E-state index contributed by atoms with van der Waals surface area (Å²) in [6, 6.07) is 7.71. The smallest absolute Gasteiger partial charge is 0.408 e. The lowest BCUT2D eigenvalue weighted by Gasteiger charge is -2.41. The highest BCUT2D eigenvalue weighted by Crippen LogP contribution is 2.17. The number of benzene rings is 1. The molecule has 3 heterocycles. The molecule has 2 fully saturated rings. The van der Waals surface area contributed by atoms with Gasteiger partial charge in [0.2, 0.25) is 0 Å². The van der Waals surface area contributed by atoms with E-state index < -0.39 is 23.8 Å². The van der Waals surface area contributed by atoms with Crippen LogP contribution in [0.1, 0.15) is 11.1 Å². The van der Waals surface area contributed by atoms with E-state index in [-0.39, 0.29) is 13.2 Å². The highest BCUT2D eigenvalue weighted by atomic mass is 16.5. The maximum Gasteiger partial charge on any atom is 0.408 e. The summed E-state index contributed by atoms with van der Waals surface area (Å²) in [6.45, 7) is 7.58. The molecule has 12 nitrogen and oxygen atoms in total. The minimum Gasteiger partial charge on any atom is -0.480 e. The summed E-state index contributed by atoms with van der Waals surface area (Å²) in [6.07, 6.45) is 1.03. The second-order valence-corrected chi connectivity index (χ2v) is 8.98. The third-order valence-corrected chi connectivity index (χ3v) is 6.41. The summed E-state index contributed by atoms with van der Waals surface area (Å²) in [5, 5.41) is 18.8. The Morgan fingerprint density at radius 2 is 1.94 bits per heavy atom. The molecule has 0 saturated carbocycles. The fraction of sp³-hybridized carbons (Fsp3) is 0.500. The second kappa shape index (κ2) is 12.0. The molecule has 2 saturated heterocycles. The van der Waals surface area contributed by atoms with E-state index in [0.29, 0.717) is 12.0 Å². The average molecular weight is 500 g/mol. The first-order chi connectivity index (χ1) is 17.4. The number of carbonyl (C=O) groups is 2. The first kappa shape index (κ1) is 25.6. The van der Waals surface area contributed by atoms with Crippen molar-refractivity contribution in [3.05, 3.63) is 58.1 Å². The van der Waals surface area contributed by atoms with E-state index in [1.165, 1.54) is 4.57 Å². The Morgan fingerprint density at radius 3 is 2.61 bits per heavy atom. The fourth-order valence-corrected chi connectivity index (χ4v) is 4.47. The van der Waals surface area contributed by atoms with E-state index in [2.05, 4.69) is 30.7 Å². The Balaban J connectivity index is 1.35. The second-order valence-electron chi connectivity index (χ2n) is 8.98. The summed E-state index contributed by atoms with van der Waals surface area (Å²) in [5.74, 6) is -0.671. The molecule has 1 aromatic carbocycles. The van der Waals surface area contributed by atoms with Gasteiger partial charge in [-0.15, -0.1) is 0 Å². The van der Waals surface area contributed by atoms with Gasteiger partial charge in [-0.1, -0.05) is 30.3 Å². The summed E-state index contributed by atoms with van der Waals surface area (Å²) in [7, 11) is 0. The molecule has 0 aliphatic carbocycles. The summed E-state index contributed by atoms with van der Waals surface area (Å²) in [4.78, 5) is 45.4. The Morgan fingerprint density at radius 1 is 1.19 bits per heavy atom. The molecule has 0 radical (unpaired) electrons. The van der Waals surface area contributed by atoms with Gasteiger partial charge in [0, 0.05) is 57.6 Å². The number of hydrogen-bond donors (Lipinski definition) is 4. The number of aliphatic carboxylic acids is 1. The molecule has 36 heavy (non-hydrogen) atoms. The van der Waals surface area contributed by atoms with E-state index in [0.717, 1.165) is 56.9 Å². The normalized spacial score (nSPS) is 19.5. The van der Waals surface area contributed by atoms with Crippen molar-refractivity contribution in [3.63, 3.8) is 0 Å². The van der Waals surface area contributed by atoms with Crippen molar-refractivity contribution in [1.29, 1.82) is 0 Å². The number of amides is 1. The number of aromatic nitrogens is 2. The van der Waals surface area contributed by atoms with E-state index in [1.807, 2.05) is 25.1 Å². The van der Waals surface area contributed by atoms with E-state index in [1.54, 1.807) is 18.3 Å². The minimum absolute atomic E-state index is 0.00884. The van der Waals surface area contributed by atoms with Crippen molar-refractivity contribution in [2.24, 2.45) is 0 Å². The highest BCUT2D eigenvalue weighted by molar-refractivity contribution is 5.79. The van der Waals surface area contributed by atoms with E-state index >= 15 is 0 Å². The zero-order valence-corrected chi connectivity index (χ0v) is 20.4. The van der Waals surface area contributed by atoms with Gasteiger partial charge in [0.1, 0.15) is 18.5 Å². The summed E-state index contributed by atoms with van der Waals surface area (Å²) >= 11 is 0. The topological polar surface area (TPSA) is 141 Å². The number of carboxylic acids is 1. The van der Waals surface area contributed by atoms with Crippen molar-refractivity contribution in [2.45, 2.75) is 32.3 Å². The van der Waals surface area contributed by atoms with Crippen LogP contribution in [0.5, 0.6) is 0 Å². The number of carbonyl (C=O) groups excluding carboxylic acids is 1.